The van der Waals surface area contributed by atoms with Crippen molar-refractivity contribution in [3.05, 3.63) is 120 Å². The van der Waals surface area contributed by atoms with Gasteiger partial charge >= 0.3 is 0 Å². The highest BCUT2D eigenvalue weighted by Crippen LogP contribution is 2.24. The van der Waals surface area contributed by atoms with Gasteiger partial charge in [-0.25, -0.2) is 0 Å². The van der Waals surface area contributed by atoms with Gasteiger partial charge in [0.2, 0.25) is 5.91 Å². The lowest BCUT2D eigenvalue weighted by Gasteiger charge is -2.18. The number of nitrogens with one attached hydrogen (secondary N) is 2. The van der Waals surface area contributed by atoms with E-state index in [-0.39, 0.29) is 18.5 Å². The highest BCUT2D eigenvalue weighted by atomic mass is 16.5. The zero-order valence-corrected chi connectivity index (χ0v) is 17.9. The highest BCUT2D eigenvalue weighted by Gasteiger charge is 2.16. The summed E-state index contributed by atoms with van der Waals surface area (Å²) in [4.78, 5) is 17.0. The Morgan fingerprint density at radius 2 is 1.66 bits per heavy atom. The predicted octanol–water partition coefficient (Wildman–Crippen LogP) is 5.50. The molecular weight excluding hydrogens is 398 g/mol. The lowest BCUT2D eigenvalue weighted by atomic mass is 10.0. The number of ether oxygens (including phenoxy) is 1. The van der Waals surface area contributed by atoms with Gasteiger partial charge in [0, 0.05) is 11.9 Å². The molecule has 1 aromatic heterocycles. The Balaban J connectivity index is 1.36. The van der Waals surface area contributed by atoms with Crippen LogP contribution in [0.1, 0.15) is 22.9 Å². The van der Waals surface area contributed by atoms with Crippen LogP contribution >= 0.6 is 0 Å². The van der Waals surface area contributed by atoms with Crippen molar-refractivity contribution < 1.29 is 9.53 Å². The van der Waals surface area contributed by atoms with E-state index in [0.717, 1.165) is 22.6 Å². The van der Waals surface area contributed by atoms with Gasteiger partial charge in [0.1, 0.15) is 11.5 Å². The molecule has 5 heteroatoms. The van der Waals surface area contributed by atoms with Crippen LogP contribution < -0.4 is 15.4 Å². The fourth-order valence-corrected chi connectivity index (χ4v) is 3.41. The molecule has 2 N–H and O–H groups in total. The number of carbonyl (C=O) groups is 1. The Morgan fingerprint density at radius 3 is 2.38 bits per heavy atom. The molecule has 5 nitrogen and oxygen atoms in total. The molecule has 0 aliphatic rings. The first kappa shape index (κ1) is 21.3. The fourth-order valence-electron chi connectivity index (χ4n) is 3.41. The molecule has 32 heavy (non-hydrogen) atoms. The van der Waals surface area contributed by atoms with Crippen molar-refractivity contribution >= 4 is 11.6 Å². The molecule has 4 rings (SSSR count). The first-order chi connectivity index (χ1) is 15.7. The van der Waals surface area contributed by atoms with E-state index in [0.29, 0.717) is 11.4 Å². The minimum Gasteiger partial charge on any atom is -0.457 e. The molecule has 0 bridgehead atoms. The summed E-state index contributed by atoms with van der Waals surface area (Å²) in [5.74, 6) is 1.37. The third-order valence-corrected chi connectivity index (χ3v) is 4.95. The van der Waals surface area contributed by atoms with E-state index in [1.165, 1.54) is 0 Å². The Morgan fingerprint density at radius 1 is 0.875 bits per heavy atom. The number of amides is 1. The summed E-state index contributed by atoms with van der Waals surface area (Å²) in [6.45, 7) is 2.17. The van der Waals surface area contributed by atoms with Gasteiger partial charge in [-0.3, -0.25) is 15.1 Å². The van der Waals surface area contributed by atoms with Crippen LogP contribution in [-0.4, -0.2) is 17.4 Å². The second-order valence-electron chi connectivity index (χ2n) is 7.47. The topological polar surface area (TPSA) is 63.2 Å². The SMILES string of the molecule is Cc1cccc(Oc2ccc(NC(=O)CNC(c3ccccc3)c3ccccn3)cc2)c1. The van der Waals surface area contributed by atoms with Crippen molar-refractivity contribution in [2.45, 2.75) is 13.0 Å². The van der Waals surface area contributed by atoms with E-state index in [9.17, 15) is 4.79 Å². The molecule has 0 saturated heterocycles. The molecule has 0 fully saturated rings. The number of hydrogen-bond acceptors (Lipinski definition) is 4. The maximum atomic E-state index is 12.6. The van der Waals surface area contributed by atoms with Crippen LogP contribution in [0.3, 0.4) is 0 Å². The van der Waals surface area contributed by atoms with Crippen LogP contribution in [0.5, 0.6) is 11.5 Å². The van der Waals surface area contributed by atoms with Gasteiger partial charge in [-0.2, -0.15) is 0 Å². The van der Waals surface area contributed by atoms with Gasteiger partial charge in [0.15, 0.2) is 0 Å². The van der Waals surface area contributed by atoms with E-state index in [2.05, 4.69) is 15.6 Å². The van der Waals surface area contributed by atoms with Gasteiger partial charge in [-0.05, 0) is 66.6 Å². The molecule has 0 radical (unpaired) electrons. The maximum Gasteiger partial charge on any atom is 0.238 e. The fraction of sp³-hybridized carbons (Fsp3) is 0.111. The van der Waals surface area contributed by atoms with Crippen molar-refractivity contribution in [2.75, 3.05) is 11.9 Å². The van der Waals surface area contributed by atoms with Crippen molar-refractivity contribution in [1.82, 2.24) is 10.3 Å². The zero-order valence-electron chi connectivity index (χ0n) is 17.9. The van der Waals surface area contributed by atoms with Gasteiger partial charge < -0.3 is 10.1 Å². The molecule has 0 aliphatic carbocycles. The number of anilines is 1. The van der Waals surface area contributed by atoms with Gasteiger partial charge in [-0.1, -0.05) is 48.5 Å². The number of nitrogens with zero attached hydrogens (tertiary/aromatic N) is 1. The van der Waals surface area contributed by atoms with Crippen molar-refractivity contribution in [2.24, 2.45) is 0 Å². The summed E-state index contributed by atoms with van der Waals surface area (Å²) >= 11 is 0. The van der Waals surface area contributed by atoms with Gasteiger partial charge in [-0.15, -0.1) is 0 Å². The molecule has 0 spiro atoms. The molecule has 3 aromatic carbocycles. The number of carbonyl (C=O) groups excluding carboxylic acids is 1. The standard InChI is InChI=1S/C27H25N3O2/c1-20-8-7-11-24(18-20)32-23-15-13-22(14-16-23)30-26(31)19-29-27(21-9-3-2-4-10-21)25-12-5-6-17-28-25/h2-18,27,29H,19H2,1H3,(H,30,31). The zero-order chi connectivity index (χ0) is 22.2. The number of benzene rings is 3. The van der Waals surface area contributed by atoms with E-state index >= 15 is 0 Å². The predicted molar refractivity (Wildman–Crippen MR) is 127 cm³/mol. The smallest absolute Gasteiger partial charge is 0.238 e. The quantitative estimate of drug-likeness (QED) is 0.393. The largest absolute Gasteiger partial charge is 0.457 e. The van der Waals surface area contributed by atoms with E-state index < -0.39 is 0 Å². The number of aryl methyl sites for hydroxylation is 1. The lowest BCUT2D eigenvalue weighted by molar-refractivity contribution is -0.115. The molecule has 1 atom stereocenters. The summed E-state index contributed by atoms with van der Waals surface area (Å²) in [7, 11) is 0. The van der Waals surface area contributed by atoms with Gasteiger partial charge in [0.05, 0.1) is 18.3 Å². The minimum absolute atomic E-state index is 0.130. The van der Waals surface area contributed by atoms with Crippen molar-refractivity contribution in [3.63, 3.8) is 0 Å². The van der Waals surface area contributed by atoms with Gasteiger partial charge in [0.25, 0.3) is 0 Å². The third-order valence-electron chi connectivity index (χ3n) is 4.95. The Bertz CT molecular complexity index is 1110. The first-order valence-electron chi connectivity index (χ1n) is 10.5. The van der Waals surface area contributed by atoms with Crippen LogP contribution in [0.4, 0.5) is 5.69 Å². The average Bonchev–Trinajstić information content (AvgIpc) is 2.82. The second kappa shape index (κ2) is 10.4. The molecular formula is C27H25N3O2. The molecule has 1 amide bonds. The van der Waals surface area contributed by atoms with E-state index in [1.54, 1.807) is 6.20 Å². The van der Waals surface area contributed by atoms with Crippen LogP contribution in [0.2, 0.25) is 0 Å². The molecule has 160 valence electrons. The van der Waals surface area contributed by atoms with Crippen molar-refractivity contribution in [3.8, 4) is 11.5 Å². The first-order valence-corrected chi connectivity index (χ1v) is 10.5. The Kier molecular flexibility index (Phi) is 6.90. The van der Waals surface area contributed by atoms with Crippen LogP contribution in [0.25, 0.3) is 0 Å². The number of aromatic nitrogens is 1. The summed E-state index contributed by atoms with van der Waals surface area (Å²) in [5, 5.41) is 6.25. The third kappa shape index (κ3) is 5.80. The Labute approximate surface area is 188 Å². The summed E-state index contributed by atoms with van der Waals surface area (Å²) in [6.07, 6.45) is 1.76. The normalized spacial score (nSPS) is 11.5. The summed E-state index contributed by atoms with van der Waals surface area (Å²) in [5.41, 5.74) is 3.77. The maximum absolute atomic E-state index is 12.6. The molecule has 1 heterocycles. The lowest BCUT2D eigenvalue weighted by Crippen LogP contribution is -2.32. The molecule has 0 saturated carbocycles. The van der Waals surface area contributed by atoms with E-state index in [1.807, 2.05) is 104 Å². The van der Waals surface area contributed by atoms with Crippen LogP contribution in [0, 0.1) is 6.92 Å². The number of rotatable bonds is 8. The van der Waals surface area contributed by atoms with Crippen LogP contribution in [-0.2, 0) is 4.79 Å². The Hall–Kier alpha value is -3.96. The van der Waals surface area contributed by atoms with Crippen LogP contribution in [0.15, 0.2) is 103 Å². The number of pyridine rings is 1. The second-order valence-corrected chi connectivity index (χ2v) is 7.47. The van der Waals surface area contributed by atoms with E-state index in [4.69, 9.17) is 4.74 Å². The summed E-state index contributed by atoms with van der Waals surface area (Å²) < 4.78 is 5.86. The molecule has 0 aliphatic heterocycles. The highest BCUT2D eigenvalue weighted by molar-refractivity contribution is 5.92. The molecule has 1 unspecified atom stereocenters. The average molecular weight is 424 g/mol. The monoisotopic (exact) mass is 423 g/mol. The summed E-state index contributed by atoms with van der Waals surface area (Å²) in [6, 6.07) is 30.8. The number of hydrogen-bond donors (Lipinski definition) is 2. The van der Waals surface area contributed by atoms with Crippen molar-refractivity contribution in [1.29, 1.82) is 0 Å². The minimum atomic E-state index is -0.173. The molecule has 4 aromatic rings.